The number of anilines is 1. The van der Waals surface area contributed by atoms with Gasteiger partial charge in [0.15, 0.2) is 0 Å². The Morgan fingerprint density at radius 3 is 2.48 bits per heavy atom. The number of hydrogen-bond acceptors (Lipinski definition) is 5. The van der Waals surface area contributed by atoms with Crippen molar-refractivity contribution >= 4 is 23.4 Å². The summed E-state index contributed by atoms with van der Waals surface area (Å²) in [5.74, 6) is -0.430. The summed E-state index contributed by atoms with van der Waals surface area (Å²) in [6, 6.07) is 8.44. The molecule has 3 aliphatic rings. The zero-order valence-corrected chi connectivity index (χ0v) is 19.7. The van der Waals surface area contributed by atoms with Gasteiger partial charge >= 0.3 is 0 Å². The van der Waals surface area contributed by atoms with E-state index in [9.17, 15) is 14.4 Å². The highest BCUT2D eigenvalue weighted by atomic mass is 16.2. The molecule has 3 fully saturated rings. The van der Waals surface area contributed by atoms with E-state index < -0.39 is 6.04 Å². The number of carbonyl (C=O) groups is 3. The molecular formula is C25H37N5O3. The van der Waals surface area contributed by atoms with Crippen LogP contribution in [0.2, 0.25) is 0 Å². The molecule has 0 spiro atoms. The monoisotopic (exact) mass is 455 g/mol. The van der Waals surface area contributed by atoms with E-state index in [2.05, 4.69) is 21.3 Å². The van der Waals surface area contributed by atoms with E-state index in [1.165, 1.54) is 6.42 Å². The number of fused-ring (bicyclic) bond motifs is 1. The van der Waals surface area contributed by atoms with Crippen molar-refractivity contribution in [2.45, 2.75) is 69.6 Å². The second kappa shape index (κ2) is 10.7. The van der Waals surface area contributed by atoms with Crippen LogP contribution in [0.3, 0.4) is 0 Å². The lowest BCUT2D eigenvalue weighted by Gasteiger charge is -2.36. The van der Waals surface area contributed by atoms with Crippen molar-refractivity contribution in [3.05, 3.63) is 30.3 Å². The summed E-state index contributed by atoms with van der Waals surface area (Å²) in [6.07, 6.45) is 6.07. The highest BCUT2D eigenvalue weighted by Gasteiger charge is 2.50. The Labute approximate surface area is 196 Å². The summed E-state index contributed by atoms with van der Waals surface area (Å²) in [5, 5.41) is 12.5. The van der Waals surface area contributed by atoms with Crippen molar-refractivity contribution in [1.29, 1.82) is 0 Å². The number of carbonyl (C=O) groups excluding carboxylic acids is 3. The van der Waals surface area contributed by atoms with Crippen LogP contribution >= 0.6 is 0 Å². The molecule has 0 unspecified atom stereocenters. The number of likely N-dealkylation sites (tertiary alicyclic amines) is 1. The smallest absolute Gasteiger partial charge is 0.245 e. The fourth-order valence-corrected chi connectivity index (χ4v) is 5.63. The van der Waals surface area contributed by atoms with Crippen molar-refractivity contribution in [1.82, 2.24) is 20.9 Å². The fraction of sp³-hybridized carbons (Fsp3) is 0.640. The van der Waals surface area contributed by atoms with Gasteiger partial charge in [-0.25, -0.2) is 0 Å². The highest BCUT2D eigenvalue weighted by molar-refractivity contribution is 5.95. The molecule has 1 saturated carbocycles. The molecule has 1 aromatic rings. The predicted octanol–water partition coefficient (Wildman–Crippen LogP) is 1.49. The van der Waals surface area contributed by atoms with Gasteiger partial charge in [-0.2, -0.15) is 0 Å². The minimum Gasteiger partial charge on any atom is -0.343 e. The van der Waals surface area contributed by atoms with E-state index in [0.717, 1.165) is 37.8 Å². The molecule has 8 heteroatoms. The van der Waals surface area contributed by atoms with Crippen molar-refractivity contribution < 1.29 is 14.4 Å². The first-order valence-electron chi connectivity index (χ1n) is 12.4. The zero-order valence-electron chi connectivity index (χ0n) is 19.7. The third-order valence-corrected chi connectivity index (χ3v) is 7.64. The average molecular weight is 456 g/mol. The number of nitrogens with one attached hydrogen (secondary N) is 4. The first-order chi connectivity index (χ1) is 16.0. The van der Waals surface area contributed by atoms with Crippen LogP contribution < -0.4 is 21.3 Å². The quantitative estimate of drug-likeness (QED) is 0.499. The molecule has 2 heterocycles. The van der Waals surface area contributed by atoms with Crippen molar-refractivity contribution in [2.24, 2.45) is 11.8 Å². The summed E-state index contributed by atoms with van der Waals surface area (Å²) in [6.45, 7) is 2.96. The van der Waals surface area contributed by atoms with Crippen LogP contribution in [0.1, 0.15) is 45.4 Å². The lowest BCUT2D eigenvalue weighted by Crippen LogP contribution is -2.58. The Hall–Kier alpha value is -2.45. The van der Waals surface area contributed by atoms with Gasteiger partial charge < -0.3 is 26.2 Å². The molecule has 33 heavy (non-hydrogen) atoms. The number of amides is 3. The second-order valence-electron chi connectivity index (χ2n) is 9.68. The number of hydrogen-bond donors (Lipinski definition) is 4. The average Bonchev–Trinajstić information content (AvgIpc) is 3.45. The molecule has 180 valence electrons. The van der Waals surface area contributed by atoms with E-state index in [-0.39, 0.29) is 47.7 Å². The van der Waals surface area contributed by atoms with Crippen molar-refractivity contribution in [3.8, 4) is 0 Å². The van der Waals surface area contributed by atoms with Gasteiger partial charge in [-0.05, 0) is 51.3 Å². The summed E-state index contributed by atoms with van der Waals surface area (Å²) in [7, 11) is 1.74. The van der Waals surface area contributed by atoms with Gasteiger partial charge in [0, 0.05) is 24.8 Å². The lowest BCUT2D eigenvalue weighted by atomic mass is 9.83. The van der Waals surface area contributed by atoms with Gasteiger partial charge in [-0.3, -0.25) is 14.4 Å². The molecule has 8 nitrogen and oxygen atoms in total. The maximum atomic E-state index is 13.9. The highest BCUT2D eigenvalue weighted by Crippen LogP contribution is 2.34. The molecule has 3 amide bonds. The molecule has 0 bridgehead atoms. The Morgan fingerprint density at radius 1 is 1.06 bits per heavy atom. The van der Waals surface area contributed by atoms with E-state index in [4.69, 9.17) is 0 Å². The largest absolute Gasteiger partial charge is 0.343 e. The Balaban J connectivity index is 1.51. The van der Waals surface area contributed by atoms with Crippen LogP contribution in [0.15, 0.2) is 30.3 Å². The number of likely N-dealkylation sites (N-methyl/N-ethyl adjacent to an activating group) is 1. The predicted molar refractivity (Wildman–Crippen MR) is 127 cm³/mol. The molecule has 0 aromatic heterocycles. The van der Waals surface area contributed by atoms with Gasteiger partial charge in [0.05, 0.1) is 18.0 Å². The Bertz CT molecular complexity index is 842. The summed E-state index contributed by atoms with van der Waals surface area (Å²) < 4.78 is 0. The minimum atomic E-state index is -0.536. The normalized spacial score (nSPS) is 27.0. The third kappa shape index (κ3) is 5.22. The molecule has 4 N–H and O–H groups in total. The van der Waals surface area contributed by atoms with E-state index in [1.54, 1.807) is 14.0 Å². The maximum absolute atomic E-state index is 13.9. The molecule has 2 aliphatic heterocycles. The summed E-state index contributed by atoms with van der Waals surface area (Å²) >= 11 is 0. The maximum Gasteiger partial charge on any atom is 0.245 e. The first kappa shape index (κ1) is 23.7. The van der Waals surface area contributed by atoms with E-state index in [0.29, 0.717) is 13.1 Å². The lowest BCUT2D eigenvalue weighted by molar-refractivity contribution is -0.140. The van der Waals surface area contributed by atoms with Gasteiger partial charge in [-0.1, -0.05) is 37.5 Å². The van der Waals surface area contributed by atoms with E-state index in [1.807, 2.05) is 35.2 Å². The molecule has 5 atom stereocenters. The first-order valence-corrected chi connectivity index (χ1v) is 12.4. The molecule has 2 saturated heterocycles. The van der Waals surface area contributed by atoms with Crippen LogP contribution in [0, 0.1) is 11.8 Å². The van der Waals surface area contributed by atoms with Crippen LogP contribution in [-0.2, 0) is 14.4 Å². The molecule has 4 rings (SSSR count). The number of benzene rings is 1. The minimum absolute atomic E-state index is 0.0349. The summed E-state index contributed by atoms with van der Waals surface area (Å²) in [4.78, 5) is 41.6. The second-order valence-corrected chi connectivity index (χ2v) is 9.68. The topological polar surface area (TPSA) is 103 Å². The SMILES string of the molecule is CN[C@@H](C)C(=O)N[C@H](C(=O)N1CC[C@H]2NC[C@@H](C(=O)Nc3ccccc3)[C@H]21)C1CCCCC1. The van der Waals surface area contributed by atoms with Gasteiger partial charge in [-0.15, -0.1) is 0 Å². The summed E-state index contributed by atoms with van der Waals surface area (Å²) in [5.41, 5.74) is 0.759. The number of para-hydroxylation sites is 1. The van der Waals surface area contributed by atoms with Crippen LogP contribution in [0.5, 0.6) is 0 Å². The van der Waals surface area contributed by atoms with Crippen molar-refractivity contribution in [3.63, 3.8) is 0 Å². The van der Waals surface area contributed by atoms with Gasteiger partial charge in [0.2, 0.25) is 17.7 Å². The zero-order chi connectivity index (χ0) is 23.4. The molecular weight excluding hydrogens is 418 g/mol. The van der Waals surface area contributed by atoms with E-state index >= 15 is 0 Å². The standard InChI is InChI=1S/C25H37N5O3/c1-16(26-2)23(31)29-21(17-9-5-3-6-10-17)25(33)30-14-13-20-22(30)19(15-27-20)24(32)28-18-11-7-4-8-12-18/h4,7-8,11-12,16-17,19-22,26-27H,3,5-6,9-10,13-15H2,1-2H3,(H,28,32)(H,29,31)/t16-,19+,20+,21-,22+/m0/s1. The Morgan fingerprint density at radius 2 is 1.79 bits per heavy atom. The number of nitrogens with zero attached hydrogens (tertiary/aromatic N) is 1. The molecule has 1 aliphatic carbocycles. The number of rotatable bonds is 7. The van der Waals surface area contributed by atoms with Crippen LogP contribution in [-0.4, -0.2) is 66.9 Å². The van der Waals surface area contributed by atoms with Crippen LogP contribution in [0.25, 0.3) is 0 Å². The van der Waals surface area contributed by atoms with Gasteiger partial charge in [0.25, 0.3) is 0 Å². The Kier molecular flexibility index (Phi) is 7.65. The third-order valence-electron chi connectivity index (χ3n) is 7.64. The van der Waals surface area contributed by atoms with Crippen LogP contribution in [0.4, 0.5) is 5.69 Å². The van der Waals surface area contributed by atoms with Gasteiger partial charge in [0.1, 0.15) is 6.04 Å². The molecule has 1 aromatic carbocycles. The molecule has 0 radical (unpaired) electrons. The van der Waals surface area contributed by atoms with Crippen molar-refractivity contribution in [2.75, 3.05) is 25.5 Å². The fourth-order valence-electron chi connectivity index (χ4n) is 5.63.